The number of benzene rings is 1. The van der Waals surface area contributed by atoms with Gasteiger partial charge in [-0.05, 0) is 24.3 Å². The van der Waals surface area contributed by atoms with Crippen LogP contribution < -0.4 is 9.64 Å². The first-order valence-electron chi connectivity index (χ1n) is 5.79. The molecule has 1 aromatic carbocycles. The van der Waals surface area contributed by atoms with Gasteiger partial charge in [0.1, 0.15) is 5.75 Å². The van der Waals surface area contributed by atoms with Crippen molar-refractivity contribution in [3.05, 3.63) is 24.3 Å². The van der Waals surface area contributed by atoms with Crippen molar-refractivity contribution < 1.29 is 24.2 Å². The van der Waals surface area contributed by atoms with Gasteiger partial charge in [0, 0.05) is 25.6 Å². The Hall–Kier alpha value is -2.37. The van der Waals surface area contributed by atoms with Crippen LogP contribution in [0.3, 0.4) is 0 Å². The van der Waals surface area contributed by atoms with Crippen molar-refractivity contribution in [2.75, 3.05) is 11.4 Å². The highest BCUT2D eigenvalue weighted by atomic mass is 16.5. The van der Waals surface area contributed by atoms with E-state index < -0.39 is 17.9 Å². The molecule has 0 aliphatic carbocycles. The number of ether oxygens (including phenoxy) is 1. The van der Waals surface area contributed by atoms with Gasteiger partial charge in [-0.3, -0.25) is 14.4 Å². The Morgan fingerprint density at radius 2 is 1.95 bits per heavy atom. The largest absolute Gasteiger partial charge is 0.481 e. The van der Waals surface area contributed by atoms with E-state index in [9.17, 15) is 14.4 Å². The molecule has 0 unspecified atom stereocenters. The Kier molecular flexibility index (Phi) is 3.50. The summed E-state index contributed by atoms with van der Waals surface area (Å²) in [5.74, 6) is -1.88. The number of esters is 1. The fourth-order valence-electron chi connectivity index (χ4n) is 1.98. The number of anilines is 1. The lowest BCUT2D eigenvalue weighted by molar-refractivity contribution is -0.141. The molecule has 100 valence electrons. The van der Waals surface area contributed by atoms with E-state index in [2.05, 4.69) is 0 Å². The van der Waals surface area contributed by atoms with Gasteiger partial charge in [0.2, 0.25) is 5.91 Å². The third-order valence-corrected chi connectivity index (χ3v) is 2.88. The molecular weight excluding hydrogens is 250 g/mol. The highest BCUT2D eigenvalue weighted by Gasteiger charge is 2.34. The monoisotopic (exact) mass is 263 g/mol. The zero-order valence-corrected chi connectivity index (χ0v) is 10.3. The number of hydrogen-bond acceptors (Lipinski definition) is 4. The standard InChI is InChI=1S/C13H13NO5/c1-8(15)19-11-4-2-10(3-5-11)14-7-9(13(17)18)6-12(14)16/h2-5,9H,6-7H2,1H3,(H,17,18)/t9-/m0/s1. The average Bonchev–Trinajstić information content (AvgIpc) is 2.72. The number of nitrogens with zero attached hydrogens (tertiary/aromatic N) is 1. The second-order valence-electron chi connectivity index (χ2n) is 4.33. The molecule has 0 bridgehead atoms. The van der Waals surface area contributed by atoms with Crippen molar-refractivity contribution in [3.63, 3.8) is 0 Å². The first kappa shape index (κ1) is 13.1. The van der Waals surface area contributed by atoms with Crippen LogP contribution in [0.5, 0.6) is 5.75 Å². The van der Waals surface area contributed by atoms with Gasteiger partial charge in [-0.15, -0.1) is 0 Å². The normalized spacial score (nSPS) is 18.5. The minimum atomic E-state index is -0.965. The van der Waals surface area contributed by atoms with Crippen molar-refractivity contribution in [2.24, 2.45) is 5.92 Å². The molecule has 1 N–H and O–H groups in total. The van der Waals surface area contributed by atoms with Crippen LogP contribution in [0.15, 0.2) is 24.3 Å². The number of carbonyl (C=O) groups is 3. The lowest BCUT2D eigenvalue weighted by Gasteiger charge is -2.16. The van der Waals surface area contributed by atoms with E-state index in [4.69, 9.17) is 9.84 Å². The second-order valence-corrected chi connectivity index (χ2v) is 4.33. The molecule has 1 aliphatic heterocycles. The van der Waals surface area contributed by atoms with E-state index in [1.807, 2.05) is 0 Å². The number of aliphatic carboxylic acids is 1. The summed E-state index contributed by atoms with van der Waals surface area (Å²) in [4.78, 5) is 34.8. The highest BCUT2D eigenvalue weighted by molar-refractivity contribution is 5.99. The molecule has 0 saturated carbocycles. The average molecular weight is 263 g/mol. The summed E-state index contributed by atoms with van der Waals surface area (Å²) in [5.41, 5.74) is 0.602. The van der Waals surface area contributed by atoms with Crippen molar-refractivity contribution in [1.82, 2.24) is 0 Å². The Balaban J connectivity index is 2.12. The van der Waals surface area contributed by atoms with Crippen LogP contribution in [-0.2, 0) is 14.4 Å². The molecule has 1 aliphatic rings. The van der Waals surface area contributed by atoms with Crippen LogP contribution in [0.4, 0.5) is 5.69 Å². The SMILES string of the molecule is CC(=O)Oc1ccc(N2C[C@@H](C(=O)O)CC2=O)cc1. The van der Waals surface area contributed by atoms with Gasteiger partial charge in [-0.25, -0.2) is 0 Å². The van der Waals surface area contributed by atoms with E-state index in [1.54, 1.807) is 24.3 Å². The van der Waals surface area contributed by atoms with Crippen molar-refractivity contribution in [2.45, 2.75) is 13.3 Å². The van der Waals surface area contributed by atoms with E-state index in [0.29, 0.717) is 11.4 Å². The van der Waals surface area contributed by atoms with Gasteiger partial charge in [-0.1, -0.05) is 0 Å². The molecule has 1 amide bonds. The molecular formula is C13H13NO5. The predicted octanol–water partition coefficient (Wildman–Crippen LogP) is 1.05. The van der Waals surface area contributed by atoms with Crippen LogP contribution in [0.25, 0.3) is 0 Å². The van der Waals surface area contributed by atoms with Gasteiger partial charge < -0.3 is 14.7 Å². The fourth-order valence-corrected chi connectivity index (χ4v) is 1.98. The third kappa shape index (κ3) is 2.90. The molecule has 1 heterocycles. The fraction of sp³-hybridized carbons (Fsp3) is 0.308. The number of rotatable bonds is 3. The molecule has 0 spiro atoms. The minimum Gasteiger partial charge on any atom is -0.481 e. The van der Waals surface area contributed by atoms with Gasteiger partial charge in [0.25, 0.3) is 0 Å². The van der Waals surface area contributed by atoms with Crippen LogP contribution in [0, 0.1) is 5.92 Å². The molecule has 19 heavy (non-hydrogen) atoms. The quantitative estimate of drug-likeness (QED) is 0.651. The number of amides is 1. The number of carbonyl (C=O) groups excluding carboxylic acids is 2. The molecule has 0 radical (unpaired) electrons. The maximum Gasteiger partial charge on any atom is 0.308 e. The van der Waals surface area contributed by atoms with Gasteiger partial charge in [0.15, 0.2) is 0 Å². The summed E-state index contributed by atoms with van der Waals surface area (Å²) in [6.45, 7) is 1.47. The van der Waals surface area contributed by atoms with Gasteiger partial charge in [-0.2, -0.15) is 0 Å². The summed E-state index contributed by atoms with van der Waals surface area (Å²) in [6.07, 6.45) is 0.0149. The molecule has 1 fully saturated rings. The Morgan fingerprint density at radius 3 is 2.42 bits per heavy atom. The number of carboxylic acid groups (broad SMARTS) is 1. The first-order valence-corrected chi connectivity index (χ1v) is 5.79. The van der Waals surface area contributed by atoms with E-state index >= 15 is 0 Å². The molecule has 2 rings (SSSR count). The highest BCUT2D eigenvalue weighted by Crippen LogP contribution is 2.26. The van der Waals surface area contributed by atoms with Crippen molar-refractivity contribution >= 4 is 23.5 Å². The Morgan fingerprint density at radius 1 is 1.32 bits per heavy atom. The minimum absolute atomic E-state index is 0.0149. The lowest BCUT2D eigenvalue weighted by atomic mass is 10.1. The summed E-state index contributed by atoms with van der Waals surface area (Å²) in [5, 5.41) is 8.90. The molecule has 6 nitrogen and oxygen atoms in total. The topological polar surface area (TPSA) is 83.9 Å². The summed E-state index contributed by atoms with van der Waals surface area (Å²) >= 11 is 0. The summed E-state index contributed by atoms with van der Waals surface area (Å²) < 4.78 is 4.88. The second kappa shape index (κ2) is 5.09. The number of carboxylic acids is 1. The van der Waals surface area contributed by atoms with Crippen molar-refractivity contribution in [1.29, 1.82) is 0 Å². The third-order valence-electron chi connectivity index (χ3n) is 2.88. The van der Waals surface area contributed by atoms with Crippen molar-refractivity contribution in [3.8, 4) is 5.75 Å². The zero-order valence-electron chi connectivity index (χ0n) is 10.3. The van der Waals surface area contributed by atoms with Crippen LogP contribution in [0.1, 0.15) is 13.3 Å². The van der Waals surface area contributed by atoms with Crippen LogP contribution in [-0.4, -0.2) is 29.5 Å². The van der Waals surface area contributed by atoms with E-state index in [0.717, 1.165) is 0 Å². The first-order chi connectivity index (χ1) is 8.97. The number of hydrogen-bond donors (Lipinski definition) is 1. The van der Waals surface area contributed by atoms with E-state index in [-0.39, 0.29) is 18.9 Å². The van der Waals surface area contributed by atoms with E-state index in [1.165, 1.54) is 11.8 Å². The molecule has 1 aromatic rings. The molecule has 1 atom stereocenters. The lowest BCUT2D eigenvalue weighted by Crippen LogP contribution is -2.25. The Labute approximate surface area is 109 Å². The summed E-state index contributed by atoms with van der Waals surface area (Å²) in [7, 11) is 0. The maximum absolute atomic E-state index is 11.7. The van der Waals surface area contributed by atoms with Crippen LogP contribution in [0.2, 0.25) is 0 Å². The smallest absolute Gasteiger partial charge is 0.308 e. The molecule has 1 saturated heterocycles. The van der Waals surface area contributed by atoms with Gasteiger partial charge in [0.05, 0.1) is 5.92 Å². The zero-order chi connectivity index (χ0) is 14.0. The van der Waals surface area contributed by atoms with Gasteiger partial charge >= 0.3 is 11.9 Å². The predicted molar refractivity (Wildman–Crippen MR) is 65.8 cm³/mol. The maximum atomic E-state index is 11.7. The molecule has 0 aromatic heterocycles. The van der Waals surface area contributed by atoms with Crippen LogP contribution >= 0.6 is 0 Å². The Bertz CT molecular complexity index is 522. The summed E-state index contributed by atoms with van der Waals surface area (Å²) in [6, 6.07) is 6.39. The molecule has 6 heteroatoms.